The SMILES string of the molecule is Cc1cccc(OCC(=O)Nc2ccc(S(=O)(=O)NC3CCS(=O)(=O)C3)cc2)c1C. The number of rotatable bonds is 7. The average Bonchev–Trinajstić information content (AvgIpc) is 3.01. The van der Waals surface area contributed by atoms with E-state index in [1.807, 2.05) is 26.0 Å². The van der Waals surface area contributed by atoms with Crippen molar-refractivity contribution in [1.29, 1.82) is 0 Å². The molecule has 30 heavy (non-hydrogen) atoms. The van der Waals surface area contributed by atoms with Gasteiger partial charge in [-0.3, -0.25) is 4.79 Å². The number of hydrogen-bond donors (Lipinski definition) is 2. The number of carbonyl (C=O) groups is 1. The molecular weight excluding hydrogens is 428 g/mol. The van der Waals surface area contributed by atoms with Crippen LogP contribution in [0.25, 0.3) is 0 Å². The zero-order valence-electron chi connectivity index (χ0n) is 16.7. The zero-order valence-corrected chi connectivity index (χ0v) is 18.3. The molecule has 0 bridgehead atoms. The summed E-state index contributed by atoms with van der Waals surface area (Å²) >= 11 is 0. The van der Waals surface area contributed by atoms with Gasteiger partial charge in [0, 0.05) is 11.7 Å². The van der Waals surface area contributed by atoms with Gasteiger partial charge in [-0.2, -0.15) is 0 Å². The van der Waals surface area contributed by atoms with Crippen LogP contribution in [-0.4, -0.2) is 46.9 Å². The standard InChI is InChI=1S/C20H24N2O6S2/c1-14-4-3-5-19(15(14)2)28-12-20(23)21-16-6-8-18(9-7-16)30(26,27)22-17-10-11-29(24,25)13-17/h3-9,17,22H,10-13H2,1-2H3,(H,21,23). The molecule has 0 aliphatic carbocycles. The molecule has 1 aliphatic heterocycles. The molecule has 1 unspecified atom stereocenters. The predicted octanol–water partition coefficient (Wildman–Crippen LogP) is 1.79. The molecule has 0 aromatic heterocycles. The van der Waals surface area contributed by atoms with Gasteiger partial charge in [-0.05, 0) is 61.7 Å². The fourth-order valence-corrected chi connectivity index (χ4v) is 6.16. The summed E-state index contributed by atoms with van der Waals surface area (Å²) in [6, 6.07) is 10.6. The first-order valence-electron chi connectivity index (χ1n) is 9.37. The summed E-state index contributed by atoms with van der Waals surface area (Å²) in [5.41, 5.74) is 2.45. The van der Waals surface area contributed by atoms with E-state index >= 15 is 0 Å². The number of carbonyl (C=O) groups excluding carboxylic acids is 1. The molecule has 1 aliphatic rings. The number of anilines is 1. The van der Waals surface area contributed by atoms with Gasteiger partial charge in [0.25, 0.3) is 5.91 Å². The Morgan fingerprint density at radius 1 is 1.13 bits per heavy atom. The Balaban J connectivity index is 1.57. The van der Waals surface area contributed by atoms with Crippen molar-refractivity contribution in [3.63, 3.8) is 0 Å². The summed E-state index contributed by atoms with van der Waals surface area (Å²) in [5.74, 6) is 0.0446. The van der Waals surface area contributed by atoms with Crippen LogP contribution in [-0.2, 0) is 24.7 Å². The zero-order chi connectivity index (χ0) is 21.9. The number of hydrogen-bond acceptors (Lipinski definition) is 6. The van der Waals surface area contributed by atoms with Crippen LogP contribution < -0.4 is 14.8 Å². The minimum absolute atomic E-state index is 0.00330. The van der Waals surface area contributed by atoms with Crippen LogP contribution >= 0.6 is 0 Å². The first-order chi connectivity index (χ1) is 14.1. The molecule has 1 saturated heterocycles. The molecule has 1 atom stereocenters. The van der Waals surface area contributed by atoms with Gasteiger partial charge in [0.1, 0.15) is 5.75 Å². The van der Waals surface area contributed by atoms with E-state index in [0.717, 1.165) is 11.1 Å². The molecule has 2 aromatic rings. The third-order valence-electron chi connectivity index (χ3n) is 4.92. The first kappa shape index (κ1) is 22.3. The molecule has 1 heterocycles. The summed E-state index contributed by atoms with van der Waals surface area (Å²) < 4.78 is 55.9. The third kappa shape index (κ3) is 5.59. The number of aryl methyl sites for hydroxylation is 1. The van der Waals surface area contributed by atoms with Crippen molar-refractivity contribution in [2.45, 2.75) is 31.2 Å². The number of nitrogens with one attached hydrogen (secondary N) is 2. The molecule has 1 fully saturated rings. The van der Waals surface area contributed by atoms with Gasteiger partial charge in [0.2, 0.25) is 10.0 Å². The highest BCUT2D eigenvalue weighted by atomic mass is 32.2. The van der Waals surface area contributed by atoms with Gasteiger partial charge >= 0.3 is 0 Å². The smallest absolute Gasteiger partial charge is 0.262 e. The Hall–Kier alpha value is -2.43. The summed E-state index contributed by atoms with van der Waals surface area (Å²) in [4.78, 5) is 12.1. The van der Waals surface area contributed by atoms with Crippen molar-refractivity contribution in [1.82, 2.24) is 4.72 Å². The van der Waals surface area contributed by atoms with Gasteiger partial charge in [-0.15, -0.1) is 0 Å². The van der Waals surface area contributed by atoms with Crippen molar-refractivity contribution in [3.05, 3.63) is 53.6 Å². The number of benzene rings is 2. The molecule has 0 spiro atoms. The van der Waals surface area contributed by atoms with Crippen LogP contribution in [0.2, 0.25) is 0 Å². The van der Waals surface area contributed by atoms with E-state index in [2.05, 4.69) is 10.0 Å². The Labute approximate surface area is 176 Å². The summed E-state index contributed by atoms with van der Waals surface area (Å²) in [6.07, 6.45) is 0.260. The lowest BCUT2D eigenvalue weighted by molar-refractivity contribution is -0.118. The van der Waals surface area contributed by atoms with E-state index in [0.29, 0.717) is 11.4 Å². The Bertz CT molecular complexity index is 1140. The number of amides is 1. The largest absolute Gasteiger partial charge is 0.483 e. The minimum atomic E-state index is -3.85. The third-order valence-corrected chi connectivity index (χ3v) is 8.22. The quantitative estimate of drug-likeness (QED) is 0.661. The predicted molar refractivity (Wildman–Crippen MR) is 114 cm³/mol. The maximum Gasteiger partial charge on any atom is 0.262 e. The summed E-state index contributed by atoms with van der Waals surface area (Å²) in [7, 11) is -7.03. The number of sulfonamides is 1. The second kappa shape index (κ2) is 8.75. The van der Waals surface area contributed by atoms with E-state index in [1.165, 1.54) is 24.3 Å². The fourth-order valence-electron chi connectivity index (χ4n) is 3.11. The van der Waals surface area contributed by atoms with Gasteiger partial charge in [-0.1, -0.05) is 12.1 Å². The normalized spacial score (nSPS) is 18.1. The Kier molecular flexibility index (Phi) is 6.49. The second-order valence-corrected chi connectivity index (χ2v) is 11.2. The highest BCUT2D eigenvalue weighted by Gasteiger charge is 2.31. The number of sulfone groups is 1. The van der Waals surface area contributed by atoms with Crippen molar-refractivity contribution in [2.24, 2.45) is 0 Å². The van der Waals surface area contributed by atoms with Gasteiger partial charge in [-0.25, -0.2) is 21.6 Å². The topological polar surface area (TPSA) is 119 Å². The Morgan fingerprint density at radius 3 is 2.47 bits per heavy atom. The van der Waals surface area contributed by atoms with E-state index in [1.54, 1.807) is 6.07 Å². The second-order valence-electron chi connectivity index (χ2n) is 7.28. The maximum absolute atomic E-state index is 12.4. The molecule has 1 amide bonds. The summed E-state index contributed by atoms with van der Waals surface area (Å²) in [6.45, 7) is 3.69. The van der Waals surface area contributed by atoms with Crippen LogP contribution in [0.3, 0.4) is 0 Å². The van der Waals surface area contributed by atoms with Crippen molar-refractivity contribution >= 4 is 31.5 Å². The lowest BCUT2D eigenvalue weighted by Gasteiger charge is -2.13. The van der Waals surface area contributed by atoms with Crippen LogP contribution in [0, 0.1) is 13.8 Å². The van der Waals surface area contributed by atoms with Crippen molar-refractivity contribution < 1.29 is 26.4 Å². The monoisotopic (exact) mass is 452 g/mol. The molecule has 162 valence electrons. The molecule has 0 saturated carbocycles. The first-order valence-corrected chi connectivity index (χ1v) is 12.7. The highest BCUT2D eigenvalue weighted by molar-refractivity contribution is 7.92. The lowest BCUT2D eigenvalue weighted by Crippen LogP contribution is -2.35. The van der Waals surface area contributed by atoms with E-state index < -0.39 is 25.9 Å². The molecule has 2 N–H and O–H groups in total. The van der Waals surface area contributed by atoms with E-state index in [-0.39, 0.29) is 35.3 Å². The van der Waals surface area contributed by atoms with Gasteiger partial charge in [0.15, 0.2) is 16.4 Å². The van der Waals surface area contributed by atoms with Crippen molar-refractivity contribution in [2.75, 3.05) is 23.4 Å². The molecule has 2 aromatic carbocycles. The van der Waals surface area contributed by atoms with E-state index in [9.17, 15) is 21.6 Å². The maximum atomic E-state index is 12.4. The van der Waals surface area contributed by atoms with Crippen molar-refractivity contribution in [3.8, 4) is 5.75 Å². The Morgan fingerprint density at radius 2 is 1.83 bits per heavy atom. The van der Waals surface area contributed by atoms with E-state index in [4.69, 9.17) is 4.74 Å². The average molecular weight is 453 g/mol. The molecule has 0 radical (unpaired) electrons. The molecule has 8 nitrogen and oxygen atoms in total. The number of ether oxygens (including phenoxy) is 1. The summed E-state index contributed by atoms with van der Waals surface area (Å²) in [5, 5.41) is 2.65. The molecular formula is C20H24N2O6S2. The fraction of sp³-hybridized carbons (Fsp3) is 0.350. The minimum Gasteiger partial charge on any atom is -0.483 e. The van der Waals surface area contributed by atoms with Crippen LogP contribution in [0.15, 0.2) is 47.4 Å². The van der Waals surface area contributed by atoms with Crippen LogP contribution in [0.5, 0.6) is 5.75 Å². The van der Waals surface area contributed by atoms with Crippen LogP contribution in [0.1, 0.15) is 17.5 Å². The molecule has 10 heteroatoms. The van der Waals surface area contributed by atoms with Crippen LogP contribution in [0.4, 0.5) is 5.69 Å². The molecule has 3 rings (SSSR count). The van der Waals surface area contributed by atoms with Gasteiger partial charge in [0.05, 0.1) is 16.4 Å². The van der Waals surface area contributed by atoms with Gasteiger partial charge < -0.3 is 10.1 Å². The highest BCUT2D eigenvalue weighted by Crippen LogP contribution is 2.21. The lowest BCUT2D eigenvalue weighted by atomic mass is 10.1.